The van der Waals surface area contributed by atoms with Crippen molar-refractivity contribution in [1.82, 2.24) is 24.5 Å². The molecule has 4 N–H and O–H groups in total. The van der Waals surface area contributed by atoms with Crippen LogP contribution < -0.4 is 15.4 Å². The molecule has 2 saturated heterocycles. The van der Waals surface area contributed by atoms with Crippen LogP contribution in [0.5, 0.6) is 5.88 Å². The lowest BCUT2D eigenvalue weighted by Crippen LogP contribution is -2.57. The van der Waals surface area contributed by atoms with Gasteiger partial charge in [-0.15, -0.1) is 0 Å². The van der Waals surface area contributed by atoms with Crippen LogP contribution in [0.3, 0.4) is 0 Å². The topological polar surface area (TPSA) is 145 Å². The number of anilines is 3. The van der Waals surface area contributed by atoms with Crippen molar-refractivity contribution in [2.75, 3.05) is 23.5 Å². The van der Waals surface area contributed by atoms with Gasteiger partial charge >= 0.3 is 0 Å². The molecule has 2 bridgehead atoms. The van der Waals surface area contributed by atoms with E-state index < -0.39 is 10.0 Å². The van der Waals surface area contributed by atoms with E-state index in [9.17, 15) is 13.5 Å². The van der Waals surface area contributed by atoms with Gasteiger partial charge in [-0.05, 0) is 44.4 Å². The Labute approximate surface area is 193 Å². The van der Waals surface area contributed by atoms with E-state index in [0.29, 0.717) is 40.8 Å². The molecule has 0 aromatic carbocycles. The van der Waals surface area contributed by atoms with Crippen molar-refractivity contribution >= 4 is 27.6 Å². The number of piperidine rings is 2. The molecule has 2 aromatic heterocycles. The summed E-state index contributed by atoms with van der Waals surface area (Å²) in [5.74, 6) is 2.51. The summed E-state index contributed by atoms with van der Waals surface area (Å²) in [7, 11) is -1.67. The smallest absolute Gasteiger partial charge is 0.228 e. The van der Waals surface area contributed by atoms with Crippen LogP contribution >= 0.6 is 0 Å². The quantitative estimate of drug-likeness (QED) is 0.426. The van der Waals surface area contributed by atoms with Crippen LogP contribution in [0.2, 0.25) is 0 Å². The lowest BCUT2D eigenvalue weighted by atomic mass is 9.84. The minimum atomic E-state index is -3.21. The normalized spacial score (nSPS) is 25.6. The number of aliphatic hydroxyl groups excluding tert-OH is 1. The molecule has 33 heavy (non-hydrogen) atoms. The minimum Gasteiger partial charge on any atom is -0.481 e. The molecule has 2 unspecified atom stereocenters. The zero-order valence-electron chi connectivity index (χ0n) is 18.7. The number of hydrogen-bond donors (Lipinski definition) is 4. The summed E-state index contributed by atoms with van der Waals surface area (Å²) < 4.78 is 33.3. The first kappa shape index (κ1) is 22.4. The van der Waals surface area contributed by atoms with Crippen molar-refractivity contribution < 1.29 is 18.3 Å². The zero-order chi connectivity index (χ0) is 23.0. The van der Waals surface area contributed by atoms with Gasteiger partial charge in [0.25, 0.3) is 0 Å². The summed E-state index contributed by atoms with van der Waals surface area (Å²) in [4.78, 5) is 8.99. The number of sulfonamides is 1. The maximum Gasteiger partial charge on any atom is 0.228 e. The lowest BCUT2D eigenvalue weighted by Gasteiger charge is -2.47. The average Bonchev–Trinajstić information content (AvgIpc) is 3.46. The molecule has 2 atom stereocenters. The summed E-state index contributed by atoms with van der Waals surface area (Å²) >= 11 is 0. The molecule has 1 aliphatic carbocycles. The highest BCUT2D eigenvalue weighted by Crippen LogP contribution is 2.40. The monoisotopic (exact) mass is 477 g/mol. The fourth-order valence-electron chi connectivity index (χ4n) is 5.06. The maximum absolute atomic E-state index is 13.1. The second-order valence-electron chi connectivity index (χ2n) is 9.28. The molecule has 5 rings (SSSR count). The third-order valence-corrected chi connectivity index (χ3v) is 8.81. The van der Waals surface area contributed by atoms with Crippen molar-refractivity contribution in [1.29, 1.82) is 0 Å². The third kappa shape index (κ3) is 5.07. The molecule has 2 aromatic rings. The number of aromatic amines is 1. The van der Waals surface area contributed by atoms with Gasteiger partial charge in [0.1, 0.15) is 5.82 Å². The van der Waals surface area contributed by atoms with Gasteiger partial charge in [0.05, 0.1) is 25.2 Å². The van der Waals surface area contributed by atoms with Crippen LogP contribution in [0.1, 0.15) is 50.6 Å². The maximum atomic E-state index is 13.1. The zero-order valence-corrected chi connectivity index (χ0v) is 19.5. The summed E-state index contributed by atoms with van der Waals surface area (Å²) in [5, 5.41) is 22.6. The van der Waals surface area contributed by atoms with E-state index in [1.54, 1.807) is 19.2 Å². The Morgan fingerprint density at radius 3 is 2.55 bits per heavy atom. The molecule has 3 aliphatic rings. The number of aromatic nitrogens is 4. The van der Waals surface area contributed by atoms with Crippen LogP contribution in [-0.4, -0.2) is 69.0 Å². The fraction of sp³-hybridized carbons (Fsp3) is 0.667. The Morgan fingerprint density at radius 2 is 1.91 bits per heavy atom. The Bertz CT molecular complexity index is 1070. The second-order valence-corrected chi connectivity index (χ2v) is 11.2. The Kier molecular flexibility index (Phi) is 6.14. The number of nitrogens with zero attached hydrogens (tertiary/aromatic N) is 4. The van der Waals surface area contributed by atoms with Crippen LogP contribution in [0.25, 0.3) is 0 Å². The average molecular weight is 478 g/mol. The van der Waals surface area contributed by atoms with E-state index >= 15 is 0 Å². The summed E-state index contributed by atoms with van der Waals surface area (Å²) in [6, 6.07) is 3.51. The first-order chi connectivity index (χ1) is 15.9. The molecule has 180 valence electrons. The third-order valence-electron chi connectivity index (χ3n) is 6.67. The SMILES string of the molecule is COc1cc(Nc2cc(CO)[nH]n2)nc(NC2CC3CCCC(C2)N3S(=O)(=O)CC2CC2)n1. The van der Waals surface area contributed by atoms with Crippen LogP contribution in [0.15, 0.2) is 12.1 Å². The summed E-state index contributed by atoms with van der Waals surface area (Å²) in [6.07, 6.45) is 6.42. The largest absolute Gasteiger partial charge is 0.481 e. The number of nitrogens with one attached hydrogen (secondary N) is 3. The molecular formula is C21H31N7O4S. The number of aliphatic hydroxyl groups is 1. The van der Waals surface area contributed by atoms with Crippen molar-refractivity contribution in [3.05, 3.63) is 17.8 Å². The molecule has 0 amide bonds. The van der Waals surface area contributed by atoms with Crippen molar-refractivity contribution in [3.8, 4) is 5.88 Å². The van der Waals surface area contributed by atoms with Crippen molar-refractivity contribution in [3.63, 3.8) is 0 Å². The van der Waals surface area contributed by atoms with E-state index in [1.165, 1.54) is 0 Å². The highest BCUT2D eigenvalue weighted by Gasteiger charge is 2.45. The molecule has 11 nitrogen and oxygen atoms in total. The number of methoxy groups -OCH3 is 1. The van der Waals surface area contributed by atoms with Gasteiger partial charge < -0.3 is 20.5 Å². The van der Waals surface area contributed by atoms with Gasteiger partial charge in [0, 0.05) is 30.3 Å². The molecule has 4 heterocycles. The Hall–Kier alpha value is -2.44. The van der Waals surface area contributed by atoms with Crippen molar-refractivity contribution in [2.24, 2.45) is 5.92 Å². The number of hydrogen-bond acceptors (Lipinski definition) is 9. The van der Waals surface area contributed by atoms with E-state index in [0.717, 1.165) is 44.9 Å². The predicted octanol–water partition coefficient (Wildman–Crippen LogP) is 1.98. The second kappa shape index (κ2) is 9.07. The molecule has 1 saturated carbocycles. The summed E-state index contributed by atoms with van der Waals surface area (Å²) in [5.41, 5.74) is 0.590. The number of rotatable bonds is 9. The van der Waals surface area contributed by atoms with E-state index in [4.69, 9.17) is 4.74 Å². The van der Waals surface area contributed by atoms with Crippen molar-refractivity contribution in [2.45, 2.75) is 69.7 Å². The molecule has 0 radical (unpaired) electrons. The number of ether oxygens (including phenoxy) is 1. The standard InChI is InChI=1S/C21H31N7O4S/c1-32-20-10-18(23-19-9-15(11-29)26-27-19)24-21(25-20)22-14-7-16-3-2-4-17(8-14)28(16)33(30,31)12-13-5-6-13/h9-10,13-14,16-17,29H,2-8,11-12H2,1H3,(H3,22,23,24,25,26,27). The fourth-order valence-corrected chi connectivity index (χ4v) is 7.45. The predicted molar refractivity (Wildman–Crippen MR) is 123 cm³/mol. The van der Waals surface area contributed by atoms with Gasteiger partial charge in [-0.1, -0.05) is 6.42 Å². The highest BCUT2D eigenvalue weighted by atomic mass is 32.2. The van der Waals surface area contributed by atoms with E-state index in [-0.39, 0.29) is 24.7 Å². The molecule has 0 spiro atoms. The molecule has 3 fully saturated rings. The van der Waals surface area contributed by atoms with Gasteiger partial charge in [0.15, 0.2) is 5.82 Å². The first-order valence-electron chi connectivity index (χ1n) is 11.6. The van der Waals surface area contributed by atoms with Crippen LogP contribution in [0, 0.1) is 5.92 Å². The van der Waals surface area contributed by atoms with E-state index in [2.05, 4.69) is 30.8 Å². The minimum absolute atomic E-state index is 0.0305. The number of fused-ring (bicyclic) bond motifs is 2. The van der Waals surface area contributed by atoms with Gasteiger partial charge in [-0.25, -0.2) is 8.42 Å². The van der Waals surface area contributed by atoms with Crippen LogP contribution in [0.4, 0.5) is 17.6 Å². The molecule has 12 heteroatoms. The number of H-pyrrole nitrogens is 1. The highest BCUT2D eigenvalue weighted by molar-refractivity contribution is 7.89. The first-order valence-corrected chi connectivity index (χ1v) is 13.2. The molecule has 2 aliphatic heterocycles. The van der Waals surface area contributed by atoms with Gasteiger partial charge in [-0.3, -0.25) is 5.10 Å². The molecular weight excluding hydrogens is 446 g/mol. The van der Waals surface area contributed by atoms with Crippen LogP contribution in [-0.2, 0) is 16.6 Å². The Morgan fingerprint density at radius 1 is 1.15 bits per heavy atom. The van der Waals surface area contributed by atoms with Gasteiger partial charge in [-0.2, -0.15) is 19.4 Å². The van der Waals surface area contributed by atoms with E-state index in [1.807, 2.05) is 4.31 Å². The van der Waals surface area contributed by atoms with Gasteiger partial charge in [0.2, 0.25) is 21.9 Å². The summed E-state index contributed by atoms with van der Waals surface area (Å²) in [6.45, 7) is -0.133. The Balaban J connectivity index is 1.30. The lowest BCUT2D eigenvalue weighted by molar-refractivity contribution is 0.115.